The lowest BCUT2D eigenvalue weighted by Crippen LogP contribution is -2.62. The average molecular weight is 289 g/mol. The highest BCUT2D eigenvalue weighted by Crippen LogP contribution is 2.23. The van der Waals surface area contributed by atoms with E-state index in [0.717, 1.165) is 25.3 Å². The van der Waals surface area contributed by atoms with Gasteiger partial charge in [0.25, 0.3) is 0 Å². The topological polar surface area (TPSA) is 28.2 Å². The molecule has 1 saturated heterocycles. The Hall–Kier alpha value is -1.09. The fourth-order valence-corrected chi connectivity index (χ4v) is 2.64. The van der Waals surface area contributed by atoms with Crippen LogP contribution in [0.15, 0.2) is 18.3 Å². The summed E-state index contributed by atoms with van der Waals surface area (Å²) in [5, 5.41) is 3.63. The van der Waals surface area contributed by atoms with Crippen molar-refractivity contribution in [3.63, 3.8) is 0 Å². The van der Waals surface area contributed by atoms with Crippen LogP contribution in [0.3, 0.4) is 0 Å². The minimum Gasteiger partial charge on any atom is -0.353 e. The van der Waals surface area contributed by atoms with Crippen molar-refractivity contribution in [3.05, 3.63) is 23.9 Å². The number of nitrogens with zero attached hydrogens (tertiary/aromatic N) is 2. The summed E-state index contributed by atoms with van der Waals surface area (Å²) in [6.07, 6.45) is 4.37. The van der Waals surface area contributed by atoms with Crippen molar-refractivity contribution >= 4 is 5.82 Å². The van der Waals surface area contributed by atoms with Crippen LogP contribution in [0.1, 0.15) is 53.5 Å². The summed E-state index contributed by atoms with van der Waals surface area (Å²) in [6.45, 7) is 15.6. The number of rotatable bonds is 4. The van der Waals surface area contributed by atoms with Gasteiger partial charge in [-0.25, -0.2) is 4.98 Å². The molecule has 1 fully saturated rings. The molecule has 0 unspecified atom stereocenters. The van der Waals surface area contributed by atoms with Crippen molar-refractivity contribution in [2.24, 2.45) is 5.41 Å². The fourth-order valence-electron chi connectivity index (χ4n) is 2.64. The average Bonchev–Trinajstić information content (AvgIpc) is 2.29. The maximum absolute atomic E-state index is 4.63. The number of hydrogen-bond donors (Lipinski definition) is 1. The summed E-state index contributed by atoms with van der Waals surface area (Å²) in [5.41, 5.74) is 1.93. The summed E-state index contributed by atoms with van der Waals surface area (Å²) in [6, 6.07) is 5.00. The Balaban J connectivity index is 1.82. The molecule has 1 aliphatic rings. The molecule has 3 heteroatoms. The van der Waals surface area contributed by atoms with Crippen LogP contribution in [0.2, 0.25) is 0 Å². The Kier molecular flexibility index (Phi) is 4.62. The first-order chi connectivity index (χ1) is 9.62. The zero-order valence-corrected chi connectivity index (χ0v) is 14.5. The summed E-state index contributed by atoms with van der Waals surface area (Å²) < 4.78 is 0. The molecule has 3 nitrogen and oxygen atoms in total. The highest BCUT2D eigenvalue weighted by molar-refractivity contribution is 5.43. The molecule has 0 bridgehead atoms. The van der Waals surface area contributed by atoms with Crippen LogP contribution < -0.4 is 10.2 Å². The number of anilines is 1. The highest BCUT2D eigenvalue weighted by atomic mass is 15.3. The molecule has 1 aromatic heterocycles. The summed E-state index contributed by atoms with van der Waals surface area (Å²) in [4.78, 5) is 6.97. The van der Waals surface area contributed by atoms with Gasteiger partial charge in [-0.3, -0.25) is 0 Å². The highest BCUT2D eigenvalue weighted by Gasteiger charge is 2.30. The van der Waals surface area contributed by atoms with Crippen molar-refractivity contribution in [3.8, 4) is 0 Å². The van der Waals surface area contributed by atoms with Gasteiger partial charge in [-0.15, -0.1) is 0 Å². The first-order valence-electron chi connectivity index (χ1n) is 8.10. The predicted molar refractivity (Wildman–Crippen MR) is 90.9 cm³/mol. The largest absolute Gasteiger partial charge is 0.353 e. The molecule has 0 aromatic carbocycles. The van der Waals surface area contributed by atoms with E-state index >= 15 is 0 Å². The molecule has 2 rings (SSSR count). The molecule has 1 aromatic rings. The third-order valence-electron chi connectivity index (χ3n) is 3.82. The molecule has 0 atom stereocenters. The van der Waals surface area contributed by atoms with Gasteiger partial charge in [0.15, 0.2) is 0 Å². The molecule has 21 heavy (non-hydrogen) atoms. The fraction of sp³-hybridized carbons (Fsp3) is 0.722. The third-order valence-corrected chi connectivity index (χ3v) is 3.82. The van der Waals surface area contributed by atoms with Crippen molar-refractivity contribution in [2.75, 3.05) is 18.0 Å². The molecule has 0 spiro atoms. The number of nitrogens with one attached hydrogen (secondary N) is 1. The van der Waals surface area contributed by atoms with E-state index in [1.165, 1.54) is 12.0 Å². The van der Waals surface area contributed by atoms with Crippen LogP contribution >= 0.6 is 0 Å². The van der Waals surface area contributed by atoms with Gasteiger partial charge in [0.2, 0.25) is 0 Å². The standard InChI is InChI=1S/C18H31N3/c1-17(2,3)10-9-14-7-8-16(19-11-14)21-12-15(13-21)20-18(4,5)6/h7-8,11,15,20H,9-10,12-13H2,1-6H3. The molecule has 0 saturated carbocycles. The van der Waals surface area contributed by atoms with Crippen molar-refractivity contribution < 1.29 is 0 Å². The lowest BCUT2D eigenvalue weighted by molar-refractivity contribution is 0.315. The number of pyridine rings is 1. The quantitative estimate of drug-likeness (QED) is 0.917. The molecule has 2 heterocycles. The zero-order valence-electron chi connectivity index (χ0n) is 14.5. The molecular weight excluding hydrogens is 258 g/mol. The maximum atomic E-state index is 4.63. The van der Waals surface area contributed by atoms with E-state index in [4.69, 9.17) is 0 Å². The van der Waals surface area contributed by atoms with Gasteiger partial charge in [-0.2, -0.15) is 0 Å². The van der Waals surface area contributed by atoms with Gasteiger partial charge in [-0.05, 0) is 50.7 Å². The first-order valence-corrected chi connectivity index (χ1v) is 8.10. The van der Waals surface area contributed by atoms with E-state index < -0.39 is 0 Å². The van der Waals surface area contributed by atoms with E-state index in [1.807, 2.05) is 6.20 Å². The predicted octanol–water partition coefficient (Wildman–Crippen LogP) is 3.64. The van der Waals surface area contributed by atoms with E-state index in [2.05, 4.69) is 68.9 Å². The minimum atomic E-state index is 0.195. The van der Waals surface area contributed by atoms with Crippen LogP contribution in [0.25, 0.3) is 0 Å². The number of hydrogen-bond acceptors (Lipinski definition) is 3. The summed E-state index contributed by atoms with van der Waals surface area (Å²) >= 11 is 0. The van der Waals surface area contributed by atoms with Crippen molar-refractivity contribution in [1.29, 1.82) is 0 Å². The summed E-state index contributed by atoms with van der Waals surface area (Å²) in [7, 11) is 0. The molecular formula is C18H31N3. The van der Waals surface area contributed by atoms with Gasteiger partial charge in [0, 0.05) is 30.9 Å². The zero-order chi connectivity index (χ0) is 15.7. The smallest absolute Gasteiger partial charge is 0.128 e. The molecule has 0 amide bonds. The van der Waals surface area contributed by atoms with Crippen molar-refractivity contribution in [2.45, 2.75) is 66.0 Å². The lowest BCUT2D eigenvalue weighted by atomic mass is 9.89. The second-order valence-corrected chi connectivity index (χ2v) is 8.58. The van der Waals surface area contributed by atoms with Gasteiger partial charge in [0.05, 0.1) is 0 Å². The molecule has 1 aliphatic heterocycles. The van der Waals surface area contributed by atoms with Crippen LogP contribution in [-0.2, 0) is 6.42 Å². The molecule has 1 N–H and O–H groups in total. The van der Waals surface area contributed by atoms with Crippen LogP contribution in [0.4, 0.5) is 5.82 Å². The maximum Gasteiger partial charge on any atom is 0.128 e. The van der Waals surface area contributed by atoms with Gasteiger partial charge in [0.1, 0.15) is 5.82 Å². The van der Waals surface area contributed by atoms with E-state index in [0.29, 0.717) is 11.5 Å². The SMILES string of the molecule is CC(C)(C)CCc1ccc(N2CC(NC(C)(C)C)C2)nc1. The van der Waals surface area contributed by atoms with Gasteiger partial charge in [-0.1, -0.05) is 26.8 Å². The summed E-state index contributed by atoms with van der Waals surface area (Å²) in [5.74, 6) is 1.11. The monoisotopic (exact) mass is 289 g/mol. The second-order valence-electron chi connectivity index (χ2n) is 8.58. The Morgan fingerprint density at radius 3 is 2.29 bits per heavy atom. The van der Waals surface area contributed by atoms with E-state index in [9.17, 15) is 0 Å². The lowest BCUT2D eigenvalue weighted by Gasteiger charge is -2.43. The molecule has 0 radical (unpaired) electrons. The first kappa shape index (κ1) is 16.3. The van der Waals surface area contributed by atoms with Crippen LogP contribution in [0, 0.1) is 5.41 Å². The minimum absolute atomic E-state index is 0.195. The normalized spacial score (nSPS) is 17.0. The third kappa shape index (κ3) is 5.31. The number of aromatic nitrogens is 1. The van der Waals surface area contributed by atoms with E-state index in [1.54, 1.807) is 0 Å². The van der Waals surface area contributed by atoms with Crippen LogP contribution in [0.5, 0.6) is 0 Å². The van der Waals surface area contributed by atoms with Gasteiger partial charge < -0.3 is 10.2 Å². The van der Waals surface area contributed by atoms with Crippen molar-refractivity contribution in [1.82, 2.24) is 10.3 Å². The Labute approximate surface area is 130 Å². The van der Waals surface area contributed by atoms with Gasteiger partial charge >= 0.3 is 0 Å². The van der Waals surface area contributed by atoms with E-state index in [-0.39, 0.29) is 5.54 Å². The molecule has 118 valence electrons. The molecule has 0 aliphatic carbocycles. The van der Waals surface area contributed by atoms with Crippen LogP contribution in [-0.4, -0.2) is 29.7 Å². The Morgan fingerprint density at radius 1 is 1.14 bits per heavy atom. The number of aryl methyl sites for hydroxylation is 1. The Bertz CT molecular complexity index is 445. The Morgan fingerprint density at radius 2 is 1.81 bits per heavy atom. The second kappa shape index (κ2) is 5.96.